The van der Waals surface area contributed by atoms with Crippen molar-refractivity contribution in [1.29, 1.82) is 0 Å². The Bertz CT molecular complexity index is 833. The zero-order chi connectivity index (χ0) is 18.0. The second-order valence-corrected chi connectivity index (χ2v) is 5.90. The second-order valence-electron chi connectivity index (χ2n) is 5.90. The van der Waals surface area contributed by atoms with Gasteiger partial charge in [-0.1, -0.05) is 12.1 Å². The lowest BCUT2D eigenvalue weighted by Gasteiger charge is -2.12. The predicted molar refractivity (Wildman–Crippen MR) is 98.7 cm³/mol. The Labute approximate surface area is 146 Å². The number of aromatic hydroxyl groups is 1. The fourth-order valence-corrected chi connectivity index (χ4v) is 2.99. The number of rotatable bonds is 4. The maximum atomic E-state index is 12.3. The number of hydrogen-bond donors (Lipinski definition) is 3. The third-order valence-corrected chi connectivity index (χ3v) is 4.15. The van der Waals surface area contributed by atoms with Gasteiger partial charge in [0, 0.05) is 24.4 Å². The highest BCUT2D eigenvalue weighted by Gasteiger charge is 2.25. The number of hydrazine groups is 1. The Kier molecular flexibility index (Phi) is 4.63. The largest absolute Gasteiger partial charge is 0.504 e. The normalized spacial score (nSPS) is 16.1. The molecule has 1 aliphatic rings. The number of fused-ring (bicyclic) bond motifs is 1. The molecule has 6 heteroatoms. The van der Waals surface area contributed by atoms with Crippen molar-refractivity contribution in [2.24, 2.45) is 0 Å². The minimum absolute atomic E-state index is 0.0360. The summed E-state index contributed by atoms with van der Waals surface area (Å²) >= 11 is 0. The third-order valence-electron chi connectivity index (χ3n) is 4.15. The van der Waals surface area contributed by atoms with E-state index in [0.29, 0.717) is 11.3 Å². The molecule has 0 saturated carbocycles. The van der Waals surface area contributed by atoms with Crippen molar-refractivity contribution in [3.8, 4) is 11.5 Å². The first kappa shape index (κ1) is 16.9. The molecule has 6 nitrogen and oxygen atoms in total. The quantitative estimate of drug-likeness (QED) is 0.747. The summed E-state index contributed by atoms with van der Waals surface area (Å²) < 4.78 is 5.00. The van der Waals surface area contributed by atoms with Gasteiger partial charge in [-0.2, -0.15) is 0 Å². The van der Waals surface area contributed by atoms with Crippen molar-refractivity contribution in [3.05, 3.63) is 53.6 Å². The van der Waals surface area contributed by atoms with Crippen LogP contribution in [0.4, 0.5) is 11.4 Å². The zero-order valence-corrected chi connectivity index (χ0v) is 14.4. The van der Waals surface area contributed by atoms with Gasteiger partial charge in [0.1, 0.15) is 0 Å². The molecule has 3 rings (SSSR count). The van der Waals surface area contributed by atoms with Crippen LogP contribution in [0.25, 0.3) is 6.08 Å². The number of nitrogens with zero attached hydrogens (tertiary/aromatic N) is 1. The van der Waals surface area contributed by atoms with E-state index in [1.54, 1.807) is 24.3 Å². The van der Waals surface area contributed by atoms with Crippen LogP contribution in [0.1, 0.15) is 24.1 Å². The van der Waals surface area contributed by atoms with Crippen LogP contribution in [-0.2, 0) is 4.79 Å². The first-order valence-electron chi connectivity index (χ1n) is 7.98. The van der Waals surface area contributed by atoms with E-state index in [-0.39, 0.29) is 17.7 Å². The number of phenols is 1. The number of hydrogen-bond acceptors (Lipinski definition) is 5. The molecule has 2 aromatic rings. The number of anilines is 2. The van der Waals surface area contributed by atoms with Crippen LogP contribution >= 0.6 is 0 Å². The highest BCUT2D eigenvalue weighted by molar-refractivity contribution is 6.03. The van der Waals surface area contributed by atoms with Gasteiger partial charge in [0.15, 0.2) is 11.5 Å². The summed E-state index contributed by atoms with van der Waals surface area (Å²) in [5.74, 6) is 0.200. The van der Waals surface area contributed by atoms with E-state index in [1.165, 1.54) is 13.2 Å². The lowest BCUT2D eigenvalue weighted by molar-refractivity contribution is -0.111. The van der Waals surface area contributed by atoms with E-state index in [9.17, 15) is 9.90 Å². The molecule has 0 radical (unpaired) electrons. The average Bonchev–Trinajstić information content (AvgIpc) is 2.88. The molecule has 0 saturated heterocycles. The summed E-state index contributed by atoms with van der Waals surface area (Å²) in [7, 11) is 3.44. The van der Waals surface area contributed by atoms with Gasteiger partial charge in [-0.3, -0.25) is 4.79 Å². The number of carbonyl (C=O) groups is 1. The molecule has 0 aromatic heterocycles. The second kappa shape index (κ2) is 6.86. The van der Waals surface area contributed by atoms with Crippen molar-refractivity contribution in [1.82, 2.24) is 5.43 Å². The molecule has 3 N–H and O–H groups in total. The third kappa shape index (κ3) is 3.44. The summed E-state index contributed by atoms with van der Waals surface area (Å²) in [6.07, 6.45) is 3.09. The maximum Gasteiger partial charge on any atom is 0.248 e. The molecule has 0 aliphatic carbocycles. The number of amides is 1. The Balaban J connectivity index is 1.75. The molecule has 2 aromatic carbocycles. The molecule has 130 valence electrons. The van der Waals surface area contributed by atoms with Gasteiger partial charge in [-0.15, -0.1) is 0 Å². The van der Waals surface area contributed by atoms with Gasteiger partial charge in [0.25, 0.3) is 0 Å². The van der Waals surface area contributed by atoms with Gasteiger partial charge in [0.2, 0.25) is 5.91 Å². The van der Waals surface area contributed by atoms with Gasteiger partial charge in [-0.05, 0) is 42.8 Å². The number of nitrogens with one attached hydrogen (secondary N) is 2. The lowest BCUT2D eigenvalue weighted by atomic mass is 10.1. The Morgan fingerprint density at radius 2 is 2.16 bits per heavy atom. The lowest BCUT2D eigenvalue weighted by Crippen LogP contribution is -2.28. The summed E-state index contributed by atoms with van der Waals surface area (Å²) in [4.78, 5) is 12.3. The monoisotopic (exact) mass is 339 g/mol. The Morgan fingerprint density at radius 3 is 2.88 bits per heavy atom. The van der Waals surface area contributed by atoms with E-state index >= 15 is 0 Å². The Morgan fingerprint density at radius 1 is 1.36 bits per heavy atom. The van der Waals surface area contributed by atoms with E-state index < -0.39 is 0 Å². The summed E-state index contributed by atoms with van der Waals surface area (Å²) in [6, 6.07) is 10.9. The van der Waals surface area contributed by atoms with Gasteiger partial charge in [-0.25, -0.2) is 5.43 Å². The SMILES string of the molecule is COc1ccc(/C=C/C(=O)Nc2cccc3c2C(C)NN3C)cc1O. The molecule has 1 unspecified atom stereocenters. The van der Waals surface area contributed by atoms with Crippen LogP contribution in [0.5, 0.6) is 11.5 Å². The topological polar surface area (TPSA) is 73.8 Å². The number of phenolic OH excluding ortho intramolecular Hbond substituents is 1. The molecule has 1 amide bonds. The molecule has 0 fully saturated rings. The summed E-state index contributed by atoms with van der Waals surface area (Å²) in [6.45, 7) is 2.05. The number of carbonyl (C=O) groups excluding carboxylic acids is 1. The summed E-state index contributed by atoms with van der Waals surface area (Å²) in [5, 5.41) is 14.7. The number of methoxy groups -OCH3 is 1. The van der Waals surface area contributed by atoms with Crippen molar-refractivity contribution in [2.75, 3.05) is 24.5 Å². The van der Waals surface area contributed by atoms with Crippen molar-refractivity contribution < 1.29 is 14.6 Å². The molecular formula is C19H21N3O3. The smallest absolute Gasteiger partial charge is 0.248 e. The van der Waals surface area contributed by atoms with Crippen molar-refractivity contribution in [3.63, 3.8) is 0 Å². The highest BCUT2D eigenvalue weighted by Crippen LogP contribution is 2.37. The number of benzene rings is 2. The van der Waals surface area contributed by atoms with Crippen LogP contribution in [0.3, 0.4) is 0 Å². The van der Waals surface area contributed by atoms with Gasteiger partial charge < -0.3 is 20.2 Å². The average molecular weight is 339 g/mol. The van der Waals surface area contributed by atoms with E-state index in [0.717, 1.165) is 16.9 Å². The van der Waals surface area contributed by atoms with Crippen LogP contribution < -0.4 is 20.5 Å². The fraction of sp³-hybridized carbons (Fsp3) is 0.211. The molecule has 0 spiro atoms. The van der Waals surface area contributed by atoms with Gasteiger partial charge >= 0.3 is 0 Å². The first-order valence-corrected chi connectivity index (χ1v) is 7.98. The predicted octanol–water partition coefficient (Wildman–Crippen LogP) is 3.07. The molecule has 1 aliphatic heterocycles. The van der Waals surface area contributed by atoms with E-state index in [1.807, 2.05) is 37.2 Å². The van der Waals surface area contributed by atoms with Gasteiger partial charge in [0.05, 0.1) is 18.8 Å². The molecule has 25 heavy (non-hydrogen) atoms. The van der Waals surface area contributed by atoms with Crippen LogP contribution in [0, 0.1) is 0 Å². The molecule has 1 heterocycles. The van der Waals surface area contributed by atoms with Crippen LogP contribution in [0.2, 0.25) is 0 Å². The summed E-state index contributed by atoms with van der Waals surface area (Å²) in [5.41, 5.74) is 6.91. The van der Waals surface area contributed by atoms with Crippen LogP contribution in [0.15, 0.2) is 42.5 Å². The highest BCUT2D eigenvalue weighted by atomic mass is 16.5. The number of ether oxygens (including phenoxy) is 1. The van der Waals surface area contributed by atoms with Crippen molar-refractivity contribution >= 4 is 23.4 Å². The van der Waals surface area contributed by atoms with Crippen molar-refractivity contribution in [2.45, 2.75) is 13.0 Å². The van der Waals surface area contributed by atoms with E-state index in [2.05, 4.69) is 10.7 Å². The molecule has 1 atom stereocenters. The molecule has 0 bridgehead atoms. The zero-order valence-electron chi connectivity index (χ0n) is 14.4. The van der Waals surface area contributed by atoms with E-state index in [4.69, 9.17) is 4.74 Å². The van der Waals surface area contributed by atoms with Crippen LogP contribution in [-0.4, -0.2) is 25.2 Å². The first-order chi connectivity index (χ1) is 12.0. The fourth-order valence-electron chi connectivity index (χ4n) is 2.99. The minimum atomic E-state index is -0.231. The maximum absolute atomic E-state index is 12.3. The Hall–Kier alpha value is -2.99. The minimum Gasteiger partial charge on any atom is -0.504 e. The molecular weight excluding hydrogens is 318 g/mol. The standard InChI is InChI=1S/C19H21N3O3/c1-12-19-14(5-4-6-15(19)22(2)21-12)20-18(24)10-8-13-7-9-17(25-3)16(23)11-13/h4-12,21,23H,1-3H3,(H,20,24)/b10-8+.